The second-order valence-corrected chi connectivity index (χ2v) is 9.44. The second kappa shape index (κ2) is 10.0. The summed E-state index contributed by atoms with van der Waals surface area (Å²) in [5.74, 6) is -2.67. The van der Waals surface area contributed by atoms with Gasteiger partial charge in [-0.15, -0.1) is 11.3 Å². The molecule has 1 fully saturated rings. The van der Waals surface area contributed by atoms with E-state index in [0.717, 1.165) is 37.0 Å². The van der Waals surface area contributed by atoms with E-state index in [0.29, 0.717) is 15.3 Å². The molecule has 168 valence electrons. The summed E-state index contributed by atoms with van der Waals surface area (Å²) in [5.41, 5.74) is 0.338. The quantitative estimate of drug-likeness (QED) is 0.578. The Morgan fingerprint density at radius 3 is 2.42 bits per heavy atom. The minimum atomic E-state index is -5.13. The van der Waals surface area contributed by atoms with Crippen LogP contribution in [-0.2, 0) is 16.1 Å². The van der Waals surface area contributed by atoms with Crippen molar-refractivity contribution in [2.75, 3.05) is 0 Å². The number of nitrogens with one attached hydrogen (secondary N) is 1. The summed E-state index contributed by atoms with van der Waals surface area (Å²) in [6.45, 7) is 1.37. The van der Waals surface area contributed by atoms with E-state index >= 15 is 0 Å². The van der Waals surface area contributed by atoms with Crippen LogP contribution in [-0.4, -0.2) is 28.9 Å². The van der Waals surface area contributed by atoms with Crippen molar-refractivity contribution < 1.29 is 22.8 Å². The van der Waals surface area contributed by atoms with Gasteiger partial charge in [0.05, 0.1) is 0 Å². The first kappa shape index (κ1) is 23.6. The van der Waals surface area contributed by atoms with Gasteiger partial charge in [-0.3, -0.25) is 9.59 Å². The fraction of sp³-hybridized carbons (Fsp3) is 0.455. The molecule has 0 bridgehead atoms. The lowest BCUT2D eigenvalue weighted by molar-refractivity contribution is -0.189. The van der Waals surface area contributed by atoms with E-state index in [4.69, 9.17) is 11.6 Å². The monoisotopic (exact) mass is 472 g/mol. The molecule has 4 nitrogen and oxygen atoms in total. The summed E-state index contributed by atoms with van der Waals surface area (Å²) >= 11 is 7.36. The minimum absolute atomic E-state index is 0.104. The van der Waals surface area contributed by atoms with Crippen LogP contribution in [0.15, 0.2) is 36.4 Å². The first-order valence-electron chi connectivity index (χ1n) is 10.1. The van der Waals surface area contributed by atoms with Crippen LogP contribution in [0.4, 0.5) is 13.2 Å². The Kier molecular flexibility index (Phi) is 7.64. The van der Waals surface area contributed by atoms with Gasteiger partial charge in [0.25, 0.3) is 0 Å². The number of rotatable bonds is 6. The van der Waals surface area contributed by atoms with E-state index in [2.05, 4.69) is 5.32 Å². The molecule has 1 aliphatic carbocycles. The van der Waals surface area contributed by atoms with E-state index < -0.39 is 30.6 Å². The van der Waals surface area contributed by atoms with Gasteiger partial charge in [-0.05, 0) is 43.5 Å². The Hall–Kier alpha value is -2.06. The molecule has 1 heterocycles. The first-order valence-corrected chi connectivity index (χ1v) is 11.3. The molecule has 1 aromatic heterocycles. The molecule has 31 heavy (non-hydrogen) atoms. The van der Waals surface area contributed by atoms with Crippen molar-refractivity contribution in [1.82, 2.24) is 10.2 Å². The maximum absolute atomic E-state index is 13.6. The highest BCUT2D eigenvalue weighted by Crippen LogP contribution is 2.34. The molecule has 2 amide bonds. The Balaban J connectivity index is 2.00. The van der Waals surface area contributed by atoms with Crippen LogP contribution in [0.1, 0.15) is 53.5 Å². The van der Waals surface area contributed by atoms with Crippen molar-refractivity contribution in [2.45, 2.75) is 63.8 Å². The third-order valence-electron chi connectivity index (χ3n) is 5.34. The van der Waals surface area contributed by atoms with Crippen molar-refractivity contribution in [2.24, 2.45) is 0 Å². The van der Waals surface area contributed by atoms with E-state index in [1.54, 1.807) is 43.3 Å². The van der Waals surface area contributed by atoms with Crippen LogP contribution in [0, 0.1) is 6.92 Å². The molecule has 0 spiro atoms. The van der Waals surface area contributed by atoms with Gasteiger partial charge in [0.15, 0.2) is 0 Å². The minimum Gasteiger partial charge on any atom is -0.351 e. The predicted molar refractivity (Wildman–Crippen MR) is 115 cm³/mol. The molecule has 0 radical (unpaired) electrons. The number of nitrogens with zero attached hydrogens (tertiary/aromatic N) is 1. The molecule has 1 atom stereocenters. The Morgan fingerprint density at radius 2 is 1.84 bits per heavy atom. The fourth-order valence-electron chi connectivity index (χ4n) is 3.81. The highest BCUT2D eigenvalue weighted by molar-refractivity contribution is 7.12. The number of amides is 2. The lowest BCUT2D eigenvalue weighted by Gasteiger charge is -2.33. The van der Waals surface area contributed by atoms with Gasteiger partial charge in [0.2, 0.25) is 5.91 Å². The summed E-state index contributed by atoms with van der Waals surface area (Å²) in [7, 11) is 0. The number of carbonyl (C=O) groups excluding carboxylic acids is 2. The molecule has 0 unspecified atom stereocenters. The largest absolute Gasteiger partial charge is 0.471 e. The van der Waals surface area contributed by atoms with E-state index in [1.807, 2.05) is 0 Å². The Bertz CT molecular complexity index is 925. The average molecular weight is 473 g/mol. The number of aryl methyl sites for hydroxylation is 1. The zero-order chi connectivity index (χ0) is 22.6. The van der Waals surface area contributed by atoms with E-state index in [1.165, 1.54) is 11.3 Å². The van der Waals surface area contributed by atoms with Crippen LogP contribution in [0.25, 0.3) is 0 Å². The van der Waals surface area contributed by atoms with Gasteiger partial charge >= 0.3 is 12.1 Å². The molecule has 1 aliphatic rings. The second-order valence-electron chi connectivity index (χ2n) is 7.72. The molecule has 1 N–H and O–H groups in total. The third-order valence-corrected chi connectivity index (χ3v) is 6.77. The molecule has 3 rings (SSSR count). The van der Waals surface area contributed by atoms with Crippen LogP contribution >= 0.6 is 22.9 Å². The van der Waals surface area contributed by atoms with Crippen LogP contribution in [0.5, 0.6) is 0 Å². The lowest BCUT2D eigenvalue weighted by atomic mass is 9.95. The first-order chi connectivity index (χ1) is 14.7. The molecular weight excluding hydrogens is 449 g/mol. The van der Waals surface area contributed by atoms with Crippen molar-refractivity contribution in [3.8, 4) is 0 Å². The number of carbonyl (C=O) groups is 2. The van der Waals surface area contributed by atoms with Crippen molar-refractivity contribution >= 4 is 34.8 Å². The Labute approximate surface area is 188 Å². The van der Waals surface area contributed by atoms with E-state index in [-0.39, 0.29) is 11.1 Å². The maximum atomic E-state index is 13.6. The normalized spacial score (nSPS) is 16.0. The van der Waals surface area contributed by atoms with Crippen LogP contribution in [0.2, 0.25) is 5.02 Å². The zero-order valence-corrected chi connectivity index (χ0v) is 18.6. The molecule has 9 heteroatoms. The maximum Gasteiger partial charge on any atom is 0.471 e. The molecule has 0 aliphatic heterocycles. The molecular formula is C22H24ClF3N2O2S. The number of benzene rings is 1. The average Bonchev–Trinajstić information content (AvgIpc) is 3.14. The summed E-state index contributed by atoms with van der Waals surface area (Å²) in [6.07, 6.45) is -0.585. The summed E-state index contributed by atoms with van der Waals surface area (Å²) in [5, 5.41) is 3.12. The highest BCUT2D eigenvalue weighted by Gasteiger charge is 2.47. The SMILES string of the molecule is Cc1ccc([C@@H](C(=O)NC2CCCCC2)N(Cc2ccccc2Cl)C(=O)C(F)(F)F)s1. The van der Waals surface area contributed by atoms with E-state index in [9.17, 15) is 22.8 Å². The van der Waals surface area contributed by atoms with Crippen LogP contribution in [0.3, 0.4) is 0 Å². The fourth-order valence-corrected chi connectivity index (χ4v) is 4.99. The smallest absolute Gasteiger partial charge is 0.351 e. The van der Waals surface area contributed by atoms with Gasteiger partial charge in [-0.1, -0.05) is 49.1 Å². The number of alkyl halides is 3. The number of hydrogen-bond acceptors (Lipinski definition) is 3. The van der Waals surface area contributed by atoms with Crippen molar-refractivity contribution in [3.05, 3.63) is 56.7 Å². The van der Waals surface area contributed by atoms with Crippen LogP contribution < -0.4 is 5.32 Å². The van der Waals surface area contributed by atoms with Gasteiger partial charge < -0.3 is 10.2 Å². The number of halogens is 4. The van der Waals surface area contributed by atoms with Crippen molar-refractivity contribution in [1.29, 1.82) is 0 Å². The molecule has 1 saturated carbocycles. The summed E-state index contributed by atoms with van der Waals surface area (Å²) in [6, 6.07) is 8.20. The van der Waals surface area contributed by atoms with Gasteiger partial charge in [-0.25, -0.2) is 0 Å². The molecule has 2 aromatic rings. The third kappa shape index (κ3) is 6.01. The standard InChI is InChI=1S/C22H24ClF3N2O2S/c1-14-11-12-18(31-14)19(20(29)27-16-8-3-2-4-9-16)28(21(30)22(24,25)26)13-15-7-5-6-10-17(15)23/h5-7,10-12,16,19H,2-4,8-9,13H2,1H3,(H,27,29)/t19-/m0/s1. The topological polar surface area (TPSA) is 49.4 Å². The number of hydrogen-bond donors (Lipinski definition) is 1. The Morgan fingerprint density at radius 1 is 1.16 bits per heavy atom. The highest BCUT2D eigenvalue weighted by atomic mass is 35.5. The van der Waals surface area contributed by atoms with Gasteiger partial charge in [-0.2, -0.15) is 13.2 Å². The summed E-state index contributed by atoms with van der Waals surface area (Å²) < 4.78 is 40.7. The molecule has 1 aromatic carbocycles. The summed E-state index contributed by atoms with van der Waals surface area (Å²) in [4.78, 5) is 27.6. The molecule has 0 saturated heterocycles. The predicted octanol–water partition coefficient (Wildman–Crippen LogP) is 5.79. The van der Waals surface area contributed by atoms with Gasteiger partial charge in [0.1, 0.15) is 6.04 Å². The number of thiophene rings is 1. The zero-order valence-electron chi connectivity index (χ0n) is 17.0. The van der Waals surface area contributed by atoms with Gasteiger partial charge in [0, 0.05) is 27.4 Å². The van der Waals surface area contributed by atoms with Crippen molar-refractivity contribution in [3.63, 3.8) is 0 Å². The lowest BCUT2D eigenvalue weighted by Crippen LogP contribution is -2.49.